The van der Waals surface area contributed by atoms with Crippen LogP contribution in [0.1, 0.15) is 6.92 Å². The molecule has 2 fully saturated rings. The number of imide groups is 1. The van der Waals surface area contributed by atoms with E-state index in [1.165, 1.54) is 25.3 Å². The number of amides is 2. The Morgan fingerprint density at radius 1 is 1.33 bits per heavy atom. The molecule has 1 aromatic carbocycles. The van der Waals surface area contributed by atoms with Crippen LogP contribution in [0.4, 0.5) is 11.4 Å². The van der Waals surface area contributed by atoms with Gasteiger partial charge in [0, 0.05) is 6.07 Å². The average Bonchev–Trinajstić information content (AvgIpc) is 3.16. The van der Waals surface area contributed by atoms with Crippen molar-refractivity contribution in [3.63, 3.8) is 0 Å². The van der Waals surface area contributed by atoms with Crippen LogP contribution < -0.4 is 9.64 Å². The van der Waals surface area contributed by atoms with Gasteiger partial charge in [-0.2, -0.15) is 0 Å². The number of anilines is 1. The minimum atomic E-state index is -0.787. The Labute approximate surface area is 136 Å². The van der Waals surface area contributed by atoms with Gasteiger partial charge in [-0.3, -0.25) is 19.7 Å². The van der Waals surface area contributed by atoms with Crippen molar-refractivity contribution in [2.45, 2.75) is 18.6 Å². The van der Waals surface area contributed by atoms with Crippen molar-refractivity contribution in [1.82, 2.24) is 0 Å². The molecule has 8 nitrogen and oxygen atoms in total. The zero-order valence-corrected chi connectivity index (χ0v) is 13.0. The maximum absolute atomic E-state index is 12.9. The van der Waals surface area contributed by atoms with Crippen LogP contribution in [0.2, 0.25) is 0 Å². The average molecular weight is 330 g/mol. The lowest BCUT2D eigenvalue weighted by molar-refractivity contribution is -0.384. The normalized spacial score (nSPS) is 33.2. The summed E-state index contributed by atoms with van der Waals surface area (Å²) < 4.78 is 10.9. The van der Waals surface area contributed by atoms with Crippen LogP contribution in [-0.4, -0.2) is 35.6 Å². The van der Waals surface area contributed by atoms with Gasteiger partial charge in [0.15, 0.2) is 0 Å². The van der Waals surface area contributed by atoms with Crippen LogP contribution in [-0.2, 0) is 14.3 Å². The van der Waals surface area contributed by atoms with Crippen molar-refractivity contribution in [3.05, 3.63) is 40.5 Å². The Hall–Kier alpha value is -2.74. The molecule has 4 atom stereocenters. The molecule has 124 valence electrons. The lowest BCUT2D eigenvalue weighted by atomic mass is 9.78. The summed E-state index contributed by atoms with van der Waals surface area (Å²) in [6.45, 7) is 1.79. The first-order chi connectivity index (χ1) is 11.4. The Morgan fingerprint density at radius 3 is 2.71 bits per heavy atom. The van der Waals surface area contributed by atoms with Crippen LogP contribution in [0.25, 0.3) is 0 Å². The van der Waals surface area contributed by atoms with Crippen molar-refractivity contribution in [2.24, 2.45) is 11.8 Å². The molecule has 0 saturated carbocycles. The number of benzene rings is 1. The fourth-order valence-electron chi connectivity index (χ4n) is 3.85. The van der Waals surface area contributed by atoms with Crippen molar-refractivity contribution in [1.29, 1.82) is 0 Å². The third-order valence-corrected chi connectivity index (χ3v) is 4.94. The molecule has 0 spiro atoms. The zero-order chi connectivity index (χ0) is 17.2. The van der Waals surface area contributed by atoms with E-state index in [0.717, 1.165) is 4.90 Å². The van der Waals surface area contributed by atoms with Crippen molar-refractivity contribution in [2.75, 3.05) is 12.0 Å². The number of fused-ring (bicyclic) bond motifs is 5. The van der Waals surface area contributed by atoms with E-state index in [2.05, 4.69) is 0 Å². The summed E-state index contributed by atoms with van der Waals surface area (Å²) in [7, 11) is 1.34. The minimum Gasteiger partial charge on any atom is -0.494 e. The third-order valence-electron chi connectivity index (χ3n) is 4.94. The van der Waals surface area contributed by atoms with Gasteiger partial charge in [-0.05, 0) is 13.0 Å². The maximum atomic E-state index is 12.9. The molecule has 4 rings (SSSR count). The van der Waals surface area contributed by atoms with Gasteiger partial charge in [-0.1, -0.05) is 12.2 Å². The number of carbonyl (C=O) groups is 2. The van der Waals surface area contributed by atoms with E-state index in [4.69, 9.17) is 9.47 Å². The molecule has 0 aliphatic carbocycles. The smallest absolute Gasteiger partial charge is 0.273 e. The highest BCUT2D eigenvalue weighted by atomic mass is 16.6. The van der Waals surface area contributed by atoms with E-state index >= 15 is 0 Å². The molecule has 0 radical (unpaired) electrons. The molecule has 8 heteroatoms. The predicted octanol–water partition coefficient (Wildman–Crippen LogP) is 1.44. The zero-order valence-electron chi connectivity index (χ0n) is 13.0. The van der Waals surface area contributed by atoms with Gasteiger partial charge in [0.25, 0.3) is 5.69 Å². The van der Waals surface area contributed by atoms with E-state index < -0.39 is 28.5 Å². The highest BCUT2D eigenvalue weighted by Gasteiger charge is 2.66. The molecule has 3 aliphatic rings. The van der Waals surface area contributed by atoms with Crippen LogP contribution in [0.5, 0.6) is 5.75 Å². The molecular weight excluding hydrogens is 316 g/mol. The quantitative estimate of drug-likeness (QED) is 0.360. The van der Waals surface area contributed by atoms with Gasteiger partial charge in [0.2, 0.25) is 11.8 Å². The molecule has 1 aromatic rings. The number of nitrogens with zero attached hydrogens (tertiary/aromatic N) is 2. The Kier molecular flexibility index (Phi) is 2.86. The van der Waals surface area contributed by atoms with Crippen molar-refractivity contribution < 1.29 is 24.0 Å². The first-order valence-electron chi connectivity index (χ1n) is 7.45. The Bertz CT molecular complexity index is 819. The number of ether oxygens (including phenoxy) is 2. The maximum Gasteiger partial charge on any atom is 0.273 e. The second kappa shape index (κ2) is 4.64. The number of hydrogen-bond donors (Lipinski definition) is 0. The van der Waals surface area contributed by atoms with E-state index in [0.29, 0.717) is 0 Å². The second-order valence-electron chi connectivity index (χ2n) is 6.25. The number of nitro groups is 1. The fraction of sp³-hybridized carbons (Fsp3) is 0.375. The lowest BCUT2D eigenvalue weighted by Gasteiger charge is -2.24. The van der Waals surface area contributed by atoms with Gasteiger partial charge >= 0.3 is 0 Å². The van der Waals surface area contributed by atoms with Gasteiger partial charge in [0.05, 0.1) is 47.3 Å². The topological polar surface area (TPSA) is 99.0 Å². The molecule has 0 aromatic heterocycles. The SMILES string of the molecule is COc1cc([N+](=O)[O-])ccc1N1C(=O)[C@H]2[C@@H]3C=C[C@@](C)(O3)[C@@H]2C1=O. The van der Waals surface area contributed by atoms with Gasteiger partial charge < -0.3 is 9.47 Å². The summed E-state index contributed by atoms with van der Waals surface area (Å²) in [6.07, 6.45) is 3.22. The highest BCUT2D eigenvalue weighted by molar-refractivity contribution is 6.24. The van der Waals surface area contributed by atoms with E-state index in [1.807, 2.05) is 12.2 Å². The minimum absolute atomic E-state index is 0.109. The number of non-ortho nitro benzene ring substituents is 1. The summed E-state index contributed by atoms with van der Waals surface area (Å²) in [5, 5.41) is 10.9. The highest BCUT2D eigenvalue weighted by Crippen LogP contribution is 2.53. The van der Waals surface area contributed by atoms with E-state index in [-0.39, 0.29) is 28.9 Å². The van der Waals surface area contributed by atoms with Gasteiger partial charge in [-0.25, -0.2) is 4.90 Å². The standard InChI is InChI=1S/C16H14N2O6/c1-16-6-5-10(24-16)12-13(16)15(20)17(14(12)19)9-4-3-8(18(21)22)7-11(9)23-2/h3-7,10,12-13H,1-2H3/t10-,12-,13-,16+/m0/s1. The largest absolute Gasteiger partial charge is 0.494 e. The first kappa shape index (κ1) is 14.8. The van der Waals surface area contributed by atoms with Gasteiger partial charge in [-0.15, -0.1) is 0 Å². The predicted molar refractivity (Wildman–Crippen MR) is 81.5 cm³/mol. The molecule has 3 heterocycles. The summed E-state index contributed by atoms with van der Waals surface area (Å²) in [4.78, 5) is 37.1. The molecule has 24 heavy (non-hydrogen) atoms. The van der Waals surface area contributed by atoms with Crippen LogP contribution >= 0.6 is 0 Å². The molecule has 3 aliphatic heterocycles. The second-order valence-corrected chi connectivity index (χ2v) is 6.25. The molecule has 2 amide bonds. The lowest BCUT2D eigenvalue weighted by Crippen LogP contribution is -2.38. The monoisotopic (exact) mass is 330 g/mol. The molecule has 0 N–H and O–H groups in total. The molecule has 2 bridgehead atoms. The van der Waals surface area contributed by atoms with E-state index in [1.54, 1.807) is 6.92 Å². The molecule has 0 unspecified atom stereocenters. The number of carbonyl (C=O) groups excluding carboxylic acids is 2. The van der Waals surface area contributed by atoms with Crippen molar-refractivity contribution in [3.8, 4) is 5.75 Å². The van der Waals surface area contributed by atoms with Crippen LogP contribution in [0.3, 0.4) is 0 Å². The van der Waals surface area contributed by atoms with Crippen LogP contribution in [0.15, 0.2) is 30.4 Å². The number of methoxy groups -OCH3 is 1. The number of nitro benzene ring substituents is 1. The van der Waals surface area contributed by atoms with Crippen LogP contribution in [0, 0.1) is 22.0 Å². The van der Waals surface area contributed by atoms with E-state index in [9.17, 15) is 19.7 Å². The molecular formula is C16H14N2O6. The van der Waals surface area contributed by atoms with Crippen molar-refractivity contribution >= 4 is 23.2 Å². The number of rotatable bonds is 3. The summed E-state index contributed by atoms with van der Waals surface area (Å²) in [5.41, 5.74) is -0.743. The summed E-state index contributed by atoms with van der Waals surface area (Å²) in [5.74, 6) is -1.77. The molecule has 2 saturated heterocycles. The Morgan fingerprint density at radius 2 is 2.08 bits per heavy atom. The summed E-state index contributed by atoms with van der Waals surface area (Å²) in [6, 6.07) is 3.82. The summed E-state index contributed by atoms with van der Waals surface area (Å²) >= 11 is 0. The Balaban J connectivity index is 1.78. The first-order valence-corrected chi connectivity index (χ1v) is 7.45. The van der Waals surface area contributed by atoms with Gasteiger partial charge in [0.1, 0.15) is 5.75 Å². The number of hydrogen-bond acceptors (Lipinski definition) is 6. The third kappa shape index (κ3) is 1.71. The fourth-order valence-corrected chi connectivity index (χ4v) is 3.85.